The highest BCUT2D eigenvalue weighted by atomic mass is 16.5. The molecule has 0 amide bonds. The van der Waals surface area contributed by atoms with E-state index in [0.29, 0.717) is 19.0 Å². The summed E-state index contributed by atoms with van der Waals surface area (Å²) in [6.45, 7) is 3.02. The van der Waals surface area contributed by atoms with Gasteiger partial charge in [0.2, 0.25) is 5.88 Å². The van der Waals surface area contributed by atoms with Gasteiger partial charge in [-0.25, -0.2) is 0 Å². The second-order valence-electron chi connectivity index (χ2n) is 2.38. The van der Waals surface area contributed by atoms with Gasteiger partial charge in [-0.3, -0.25) is 4.68 Å². The third-order valence-corrected chi connectivity index (χ3v) is 1.46. The number of nitrogens with two attached hydrogens (primary N) is 1. The number of aryl methyl sites for hydroxylation is 2. The molecule has 4 heteroatoms. The molecule has 1 heterocycles. The fourth-order valence-corrected chi connectivity index (χ4v) is 0.762. The van der Waals surface area contributed by atoms with E-state index in [2.05, 4.69) is 5.10 Å². The molecule has 11 heavy (non-hydrogen) atoms. The van der Waals surface area contributed by atoms with Crippen molar-refractivity contribution < 1.29 is 4.74 Å². The van der Waals surface area contributed by atoms with Crippen LogP contribution in [-0.4, -0.2) is 22.9 Å². The van der Waals surface area contributed by atoms with E-state index in [1.807, 2.05) is 20.0 Å². The Hall–Kier alpha value is -1.03. The minimum atomic E-state index is 0.523. The zero-order valence-electron chi connectivity index (χ0n) is 6.87. The van der Waals surface area contributed by atoms with Gasteiger partial charge >= 0.3 is 0 Å². The third kappa shape index (κ3) is 1.94. The highest BCUT2D eigenvalue weighted by Gasteiger charge is 1.99. The van der Waals surface area contributed by atoms with Crippen molar-refractivity contribution in [1.82, 2.24) is 9.78 Å². The first-order valence-corrected chi connectivity index (χ1v) is 3.57. The highest BCUT2D eigenvalue weighted by Crippen LogP contribution is 2.08. The molecule has 62 valence electrons. The van der Waals surface area contributed by atoms with Crippen molar-refractivity contribution in [3.8, 4) is 5.88 Å². The van der Waals surface area contributed by atoms with E-state index in [1.165, 1.54) is 0 Å². The normalized spacial score (nSPS) is 10.1. The lowest BCUT2D eigenvalue weighted by atomic mass is 10.5. The van der Waals surface area contributed by atoms with Crippen LogP contribution in [0.3, 0.4) is 0 Å². The van der Waals surface area contributed by atoms with Crippen molar-refractivity contribution in [2.45, 2.75) is 6.92 Å². The molecule has 4 nitrogen and oxygen atoms in total. The van der Waals surface area contributed by atoms with E-state index < -0.39 is 0 Å². The smallest absolute Gasteiger partial charge is 0.233 e. The fourth-order valence-electron chi connectivity index (χ4n) is 0.762. The molecule has 2 N–H and O–H groups in total. The molecule has 0 bridgehead atoms. The molecule has 0 aliphatic rings. The van der Waals surface area contributed by atoms with Gasteiger partial charge in [-0.2, -0.15) is 0 Å². The first kappa shape index (κ1) is 8.07. The molecule has 0 spiro atoms. The van der Waals surface area contributed by atoms with Crippen LogP contribution in [0.1, 0.15) is 5.69 Å². The van der Waals surface area contributed by atoms with Crippen molar-refractivity contribution >= 4 is 0 Å². The second-order valence-corrected chi connectivity index (χ2v) is 2.38. The number of rotatable bonds is 3. The minimum Gasteiger partial charge on any atom is -0.475 e. The van der Waals surface area contributed by atoms with Crippen molar-refractivity contribution in [2.75, 3.05) is 13.2 Å². The molecule has 0 saturated carbocycles. The van der Waals surface area contributed by atoms with Crippen LogP contribution in [-0.2, 0) is 7.05 Å². The molecule has 0 aliphatic carbocycles. The first-order chi connectivity index (χ1) is 5.24. The zero-order valence-corrected chi connectivity index (χ0v) is 6.87. The molecule has 1 aromatic rings. The summed E-state index contributed by atoms with van der Waals surface area (Å²) in [6.07, 6.45) is 0. The van der Waals surface area contributed by atoms with Crippen LogP contribution in [0.25, 0.3) is 0 Å². The molecule has 0 aromatic carbocycles. The lowest BCUT2D eigenvalue weighted by molar-refractivity contribution is 0.312. The van der Waals surface area contributed by atoms with Gasteiger partial charge in [-0.05, 0) is 6.92 Å². The Kier molecular flexibility index (Phi) is 2.48. The maximum Gasteiger partial charge on any atom is 0.233 e. The lowest BCUT2D eigenvalue weighted by Gasteiger charge is -1.96. The molecular weight excluding hydrogens is 142 g/mol. The summed E-state index contributed by atoms with van der Waals surface area (Å²) in [5.41, 5.74) is 6.34. The largest absolute Gasteiger partial charge is 0.475 e. The van der Waals surface area contributed by atoms with Crippen LogP contribution in [0, 0.1) is 6.92 Å². The first-order valence-electron chi connectivity index (χ1n) is 3.57. The Morgan fingerprint density at radius 1 is 1.73 bits per heavy atom. The van der Waals surface area contributed by atoms with Crippen LogP contribution >= 0.6 is 0 Å². The second kappa shape index (κ2) is 3.39. The predicted octanol–water partition coefficient (Wildman–Crippen LogP) is 0.0660. The summed E-state index contributed by atoms with van der Waals surface area (Å²) < 4.78 is 6.97. The van der Waals surface area contributed by atoms with Gasteiger partial charge in [0.15, 0.2) is 0 Å². The van der Waals surface area contributed by atoms with Gasteiger partial charge in [0.1, 0.15) is 6.61 Å². The van der Waals surface area contributed by atoms with E-state index >= 15 is 0 Å². The average Bonchev–Trinajstić information content (AvgIpc) is 2.28. The average molecular weight is 155 g/mol. The topological polar surface area (TPSA) is 53.1 Å². The van der Waals surface area contributed by atoms with Crippen molar-refractivity contribution in [3.05, 3.63) is 11.8 Å². The molecule has 0 atom stereocenters. The van der Waals surface area contributed by atoms with Gasteiger partial charge < -0.3 is 10.5 Å². The maximum atomic E-state index is 5.26. The van der Waals surface area contributed by atoms with E-state index in [4.69, 9.17) is 10.5 Å². The molecule has 1 rings (SSSR count). The molecule has 0 fully saturated rings. The standard InChI is InChI=1S/C7H13N3O/c1-6-5-7(9-10(6)2)11-4-3-8/h5H,3-4,8H2,1-2H3. The number of aromatic nitrogens is 2. The van der Waals surface area contributed by atoms with Gasteiger partial charge in [0.05, 0.1) is 0 Å². The monoisotopic (exact) mass is 155 g/mol. The van der Waals surface area contributed by atoms with Crippen molar-refractivity contribution in [3.63, 3.8) is 0 Å². The van der Waals surface area contributed by atoms with Crippen molar-refractivity contribution in [1.29, 1.82) is 0 Å². The van der Waals surface area contributed by atoms with Gasteiger partial charge in [-0.1, -0.05) is 0 Å². The molecular formula is C7H13N3O. The molecule has 0 radical (unpaired) electrons. The summed E-state index contributed by atoms with van der Waals surface area (Å²) in [4.78, 5) is 0. The number of hydrogen-bond donors (Lipinski definition) is 1. The van der Waals surface area contributed by atoms with Gasteiger partial charge in [0.25, 0.3) is 0 Å². The summed E-state index contributed by atoms with van der Waals surface area (Å²) in [6, 6.07) is 1.88. The minimum absolute atomic E-state index is 0.523. The Morgan fingerprint density at radius 3 is 2.91 bits per heavy atom. The molecule has 0 aliphatic heterocycles. The van der Waals surface area contributed by atoms with Crippen LogP contribution < -0.4 is 10.5 Å². The van der Waals surface area contributed by atoms with Crippen LogP contribution in [0.2, 0.25) is 0 Å². The summed E-state index contributed by atoms with van der Waals surface area (Å²) in [5, 5.41) is 4.09. The van der Waals surface area contributed by atoms with E-state index in [1.54, 1.807) is 4.68 Å². The van der Waals surface area contributed by atoms with E-state index in [-0.39, 0.29) is 0 Å². The molecule has 0 unspecified atom stereocenters. The maximum absolute atomic E-state index is 5.26. The van der Waals surface area contributed by atoms with Gasteiger partial charge in [0, 0.05) is 25.4 Å². The van der Waals surface area contributed by atoms with Crippen LogP contribution in [0.15, 0.2) is 6.07 Å². The van der Waals surface area contributed by atoms with E-state index in [0.717, 1.165) is 5.69 Å². The zero-order chi connectivity index (χ0) is 8.27. The number of hydrogen-bond acceptors (Lipinski definition) is 3. The van der Waals surface area contributed by atoms with Crippen LogP contribution in [0.4, 0.5) is 0 Å². The third-order valence-electron chi connectivity index (χ3n) is 1.46. The predicted molar refractivity (Wildman–Crippen MR) is 42.5 cm³/mol. The number of nitrogens with zero attached hydrogens (tertiary/aromatic N) is 2. The molecule has 1 aromatic heterocycles. The quantitative estimate of drug-likeness (QED) is 0.671. The Bertz CT molecular complexity index is 212. The SMILES string of the molecule is Cc1cc(OCCN)nn1C. The lowest BCUT2D eigenvalue weighted by Crippen LogP contribution is -2.10. The Labute approximate surface area is 66.0 Å². The highest BCUT2D eigenvalue weighted by molar-refractivity contribution is 5.13. The number of ether oxygens (including phenoxy) is 1. The van der Waals surface area contributed by atoms with E-state index in [9.17, 15) is 0 Å². The van der Waals surface area contributed by atoms with Gasteiger partial charge in [-0.15, -0.1) is 5.10 Å². The Balaban J connectivity index is 2.58. The summed E-state index contributed by atoms with van der Waals surface area (Å²) >= 11 is 0. The summed E-state index contributed by atoms with van der Waals surface area (Å²) in [7, 11) is 1.88. The fraction of sp³-hybridized carbons (Fsp3) is 0.571. The molecule has 0 saturated heterocycles. The van der Waals surface area contributed by atoms with Crippen LogP contribution in [0.5, 0.6) is 5.88 Å². The Morgan fingerprint density at radius 2 is 2.45 bits per heavy atom. The summed E-state index contributed by atoms with van der Waals surface area (Å²) in [5.74, 6) is 0.649. The van der Waals surface area contributed by atoms with Crippen molar-refractivity contribution in [2.24, 2.45) is 12.8 Å².